The van der Waals surface area contributed by atoms with Crippen LogP contribution in [0.5, 0.6) is 0 Å². The van der Waals surface area contributed by atoms with E-state index in [1.807, 2.05) is 22.4 Å². The van der Waals surface area contributed by atoms with Crippen molar-refractivity contribution in [2.24, 2.45) is 0 Å². The van der Waals surface area contributed by atoms with Crippen LogP contribution in [-0.4, -0.2) is 16.8 Å². The Morgan fingerprint density at radius 3 is 2.85 bits per heavy atom. The Balaban J connectivity index is 1.87. The van der Waals surface area contributed by atoms with E-state index in [1.165, 1.54) is 5.56 Å². The molecule has 0 atom stereocenters. The first-order valence-corrected chi connectivity index (χ1v) is 8.26. The Morgan fingerprint density at radius 1 is 1.40 bits per heavy atom. The van der Waals surface area contributed by atoms with Crippen LogP contribution in [0, 0.1) is 0 Å². The lowest BCUT2D eigenvalue weighted by Crippen LogP contribution is -2.32. The summed E-state index contributed by atoms with van der Waals surface area (Å²) in [5, 5.41) is 4.14. The van der Waals surface area contributed by atoms with Gasteiger partial charge >= 0.3 is 0 Å². The fourth-order valence-electron chi connectivity index (χ4n) is 2.20. The molecule has 2 N–H and O–H groups in total. The lowest BCUT2D eigenvalue weighted by molar-refractivity contribution is 0.0729. The third kappa shape index (κ3) is 2.74. The van der Waals surface area contributed by atoms with Crippen LogP contribution < -0.4 is 5.73 Å². The van der Waals surface area contributed by atoms with Crippen LogP contribution in [0.1, 0.15) is 28.8 Å². The minimum absolute atomic E-state index is 0.0536. The smallest absolute Gasteiger partial charge is 0.255 e. The number of amides is 1. The lowest BCUT2D eigenvalue weighted by atomic mass is 10.1. The number of hydrogen-bond acceptors (Lipinski definition) is 3. The average molecular weight is 351 g/mol. The Bertz CT molecular complexity index is 623. The molecule has 1 aromatic heterocycles. The predicted molar refractivity (Wildman–Crippen MR) is 85.8 cm³/mol. The number of nitrogen functional groups attached to an aromatic ring is 1. The summed E-state index contributed by atoms with van der Waals surface area (Å²) in [6.45, 7) is 0.675. The van der Waals surface area contributed by atoms with Gasteiger partial charge in [0.15, 0.2) is 0 Å². The maximum Gasteiger partial charge on any atom is 0.255 e. The Kier molecular flexibility index (Phi) is 3.81. The van der Waals surface area contributed by atoms with Crippen LogP contribution in [0.25, 0.3) is 0 Å². The van der Waals surface area contributed by atoms with Gasteiger partial charge in [0.05, 0.1) is 10.0 Å². The van der Waals surface area contributed by atoms with Gasteiger partial charge in [-0.25, -0.2) is 0 Å². The van der Waals surface area contributed by atoms with E-state index in [4.69, 9.17) is 5.73 Å². The number of hydrogen-bond donors (Lipinski definition) is 1. The summed E-state index contributed by atoms with van der Waals surface area (Å²) in [7, 11) is 0. The van der Waals surface area contributed by atoms with E-state index in [-0.39, 0.29) is 5.91 Å². The molecule has 104 valence electrons. The summed E-state index contributed by atoms with van der Waals surface area (Å²) in [5.41, 5.74) is 8.31. The summed E-state index contributed by atoms with van der Waals surface area (Å²) < 4.78 is 0.695. The second kappa shape index (κ2) is 5.58. The molecule has 20 heavy (non-hydrogen) atoms. The Labute approximate surface area is 130 Å². The van der Waals surface area contributed by atoms with Crippen molar-refractivity contribution >= 4 is 38.9 Å². The first kappa shape index (κ1) is 13.6. The highest BCUT2D eigenvalue weighted by Gasteiger charge is 2.33. The van der Waals surface area contributed by atoms with Gasteiger partial charge in [-0.1, -0.05) is 6.07 Å². The number of anilines is 1. The number of halogens is 1. The van der Waals surface area contributed by atoms with Crippen LogP contribution in [0.2, 0.25) is 0 Å². The molecule has 0 aliphatic heterocycles. The molecule has 1 saturated carbocycles. The second-order valence-electron chi connectivity index (χ2n) is 5.00. The van der Waals surface area contributed by atoms with Gasteiger partial charge in [0.1, 0.15) is 0 Å². The molecule has 2 aromatic rings. The van der Waals surface area contributed by atoms with E-state index >= 15 is 0 Å². The molecule has 1 fully saturated rings. The van der Waals surface area contributed by atoms with Crippen LogP contribution in [0.15, 0.2) is 39.5 Å². The number of nitrogens with zero attached hydrogens (tertiary/aromatic N) is 1. The van der Waals surface area contributed by atoms with E-state index < -0.39 is 0 Å². The summed E-state index contributed by atoms with van der Waals surface area (Å²) in [6.07, 6.45) is 2.19. The van der Waals surface area contributed by atoms with Crippen LogP contribution in [0.4, 0.5) is 5.69 Å². The van der Waals surface area contributed by atoms with Crippen molar-refractivity contribution in [1.82, 2.24) is 4.90 Å². The molecule has 0 saturated heterocycles. The van der Waals surface area contributed by atoms with Crippen molar-refractivity contribution < 1.29 is 4.79 Å². The maximum absolute atomic E-state index is 12.8. The minimum atomic E-state index is 0.0536. The number of carbonyl (C=O) groups is 1. The van der Waals surface area contributed by atoms with Crippen molar-refractivity contribution in [2.45, 2.75) is 25.4 Å². The zero-order valence-corrected chi connectivity index (χ0v) is 13.3. The number of nitrogens with two attached hydrogens (primary N) is 1. The van der Waals surface area contributed by atoms with Crippen molar-refractivity contribution in [3.63, 3.8) is 0 Å². The quantitative estimate of drug-likeness (QED) is 0.850. The fourth-order valence-corrected chi connectivity index (χ4v) is 3.30. The molecular formula is C15H15BrN2OS. The first-order chi connectivity index (χ1) is 9.66. The topological polar surface area (TPSA) is 46.3 Å². The fraction of sp³-hybridized carbons (Fsp3) is 0.267. The van der Waals surface area contributed by atoms with Gasteiger partial charge in [-0.3, -0.25) is 4.79 Å². The van der Waals surface area contributed by atoms with E-state index in [9.17, 15) is 4.79 Å². The highest BCUT2D eigenvalue weighted by molar-refractivity contribution is 9.10. The number of carbonyl (C=O) groups excluding carboxylic acids is 1. The predicted octanol–water partition coefficient (Wildman–Crippen LogP) is 3.90. The van der Waals surface area contributed by atoms with Crippen LogP contribution >= 0.6 is 27.3 Å². The van der Waals surface area contributed by atoms with Gasteiger partial charge in [-0.15, -0.1) is 0 Å². The molecule has 0 bridgehead atoms. The van der Waals surface area contributed by atoms with Gasteiger partial charge in [0.25, 0.3) is 5.91 Å². The van der Waals surface area contributed by atoms with E-state index in [0.29, 0.717) is 28.3 Å². The third-order valence-corrected chi connectivity index (χ3v) is 5.06. The van der Waals surface area contributed by atoms with Crippen LogP contribution in [0.3, 0.4) is 0 Å². The maximum atomic E-state index is 12.8. The number of benzene rings is 1. The largest absolute Gasteiger partial charge is 0.398 e. The van der Waals surface area contributed by atoms with Crippen LogP contribution in [-0.2, 0) is 6.54 Å². The molecule has 3 nitrogen and oxygen atoms in total. The standard InChI is InChI=1S/C15H15BrN2OS/c16-14-12(2-1-3-13(14)17)15(19)18(11-4-5-11)8-10-6-7-20-9-10/h1-3,6-7,9,11H,4-5,8,17H2. The minimum Gasteiger partial charge on any atom is -0.398 e. The summed E-state index contributed by atoms with van der Waals surface area (Å²) in [6, 6.07) is 7.88. The van der Waals surface area contributed by atoms with Gasteiger partial charge in [0.2, 0.25) is 0 Å². The summed E-state index contributed by atoms with van der Waals surface area (Å²) in [4.78, 5) is 14.7. The average Bonchev–Trinajstić information content (AvgIpc) is 3.15. The monoisotopic (exact) mass is 350 g/mol. The van der Waals surface area contributed by atoms with Gasteiger partial charge in [-0.2, -0.15) is 11.3 Å². The van der Waals surface area contributed by atoms with Crippen molar-refractivity contribution in [3.8, 4) is 0 Å². The molecule has 1 heterocycles. The Hall–Kier alpha value is -1.33. The second-order valence-corrected chi connectivity index (χ2v) is 6.58. The molecule has 1 aliphatic rings. The van der Waals surface area contributed by atoms with Gasteiger partial charge in [0, 0.05) is 18.3 Å². The molecule has 5 heteroatoms. The molecule has 0 radical (unpaired) electrons. The molecular weight excluding hydrogens is 336 g/mol. The van der Waals surface area contributed by atoms with E-state index in [1.54, 1.807) is 17.4 Å². The number of rotatable bonds is 4. The van der Waals surface area contributed by atoms with Crippen molar-refractivity contribution in [2.75, 3.05) is 5.73 Å². The molecule has 0 spiro atoms. The van der Waals surface area contributed by atoms with Crippen molar-refractivity contribution in [1.29, 1.82) is 0 Å². The normalized spacial score (nSPS) is 14.2. The molecule has 1 aromatic carbocycles. The van der Waals surface area contributed by atoms with Gasteiger partial charge < -0.3 is 10.6 Å². The zero-order chi connectivity index (χ0) is 14.1. The van der Waals surface area contributed by atoms with Crippen molar-refractivity contribution in [3.05, 3.63) is 50.6 Å². The van der Waals surface area contributed by atoms with Gasteiger partial charge in [-0.05, 0) is 63.3 Å². The molecule has 1 aliphatic carbocycles. The summed E-state index contributed by atoms with van der Waals surface area (Å²) >= 11 is 5.09. The first-order valence-electron chi connectivity index (χ1n) is 6.53. The Morgan fingerprint density at radius 2 is 2.20 bits per heavy atom. The highest BCUT2D eigenvalue weighted by atomic mass is 79.9. The zero-order valence-electron chi connectivity index (χ0n) is 10.9. The summed E-state index contributed by atoms with van der Waals surface area (Å²) in [5.74, 6) is 0.0536. The molecule has 1 amide bonds. The number of thiophene rings is 1. The highest BCUT2D eigenvalue weighted by Crippen LogP contribution is 2.32. The van der Waals surface area contributed by atoms with E-state index in [2.05, 4.69) is 27.4 Å². The lowest BCUT2D eigenvalue weighted by Gasteiger charge is -2.23. The van der Waals surface area contributed by atoms with E-state index in [0.717, 1.165) is 12.8 Å². The molecule has 3 rings (SSSR count). The molecule has 0 unspecified atom stereocenters. The third-order valence-electron chi connectivity index (χ3n) is 3.44. The SMILES string of the molecule is Nc1cccc(C(=O)N(Cc2ccsc2)C2CC2)c1Br.